The Morgan fingerprint density at radius 1 is 1.19 bits per heavy atom. The molecule has 0 aliphatic rings. The molecular formula is C22H20FN5O3. The minimum Gasteiger partial charge on any atom is -0.495 e. The molecule has 0 saturated heterocycles. The van der Waals surface area contributed by atoms with Crippen molar-refractivity contribution in [2.75, 3.05) is 14.2 Å². The van der Waals surface area contributed by atoms with E-state index in [-0.39, 0.29) is 24.1 Å². The van der Waals surface area contributed by atoms with Crippen LogP contribution in [0.5, 0.6) is 5.75 Å². The molecule has 9 heteroatoms. The number of amides is 1. The minimum absolute atomic E-state index is 0.132. The van der Waals surface area contributed by atoms with Gasteiger partial charge in [0.2, 0.25) is 5.89 Å². The van der Waals surface area contributed by atoms with Gasteiger partial charge in [-0.05, 0) is 42.8 Å². The maximum atomic E-state index is 13.1. The Bertz CT molecular complexity index is 1220. The average molecular weight is 421 g/mol. The second-order valence-electron chi connectivity index (χ2n) is 7.01. The molecule has 0 saturated carbocycles. The Morgan fingerprint density at radius 3 is 2.65 bits per heavy atom. The quantitative estimate of drug-likeness (QED) is 0.472. The molecule has 0 aliphatic carbocycles. The van der Waals surface area contributed by atoms with Crippen molar-refractivity contribution in [2.45, 2.75) is 13.5 Å². The number of carbonyl (C=O) groups is 1. The highest BCUT2D eigenvalue weighted by Gasteiger charge is 2.21. The molecule has 0 atom stereocenters. The van der Waals surface area contributed by atoms with E-state index in [1.54, 1.807) is 44.8 Å². The number of aromatic nitrogens is 4. The van der Waals surface area contributed by atoms with E-state index >= 15 is 0 Å². The molecule has 4 rings (SSSR count). The summed E-state index contributed by atoms with van der Waals surface area (Å²) in [4.78, 5) is 18.3. The Balaban J connectivity index is 1.53. The van der Waals surface area contributed by atoms with Crippen LogP contribution in [0.3, 0.4) is 0 Å². The molecule has 0 spiro atoms. The van der Waals surface area contributed by atoms with Gasteiger partial charge in [-0.1, -0.05) is 12.1 Å². The van der Waals surface area contributed by atoms with E-state index in [0.717, 1.165) is 16.9 Å². The number of hydrogen-bond acceptors (Lipinski definition) is 6. The molecule has 2 aromatic heterocycles. The third-order valence-electron chi connectivity index (χ3n) is 4.70. The van der Waals surface area contributed by atoms with Crippen LogP contribution in [0.4, 0.5) is 4.39 Å². The molecule has 2 aromatic carbocycles. The second-order valence-corrected chi connectivity index (χ2v) is 7.01. The zero-order valence-electron chi connectivity index (χ0n) is 17.2. The number of benzene rings is 2. The van der Waals surface area contributed by atoms with Crippen LogP contribution in [-0.4, -0.2) is 44.7 Å². The largest absolute Gasteiger partial charge is 0.495 e. The number of rotatable bonds is 6. The Hall–Kier alpha value is -4.01. The monoisotopic (exact) mass is 421 g/mol. The molecule has 4 aromatic rings. The summed E-state index contributed by atoms with van der Waals surface area (Å²) >= 11 is 0. The molecule has 0 fully saturated rings. The molecule has 0 bridgehead atoms. The topological polar surface area (TPSA) is 86.3 Å². The molecule has 0 unspecified atom stereocenters. The zero-order valence-corrected chi connectivity index (χ0v) is 17.2. The number of imidazole rings is 1. The van der Waals surface area contributed by atoms with Gasteiger partial charge < -0.3 is 18.6 Å². The minimum atomic E-state index is -0.430. The first-order chi connectivity index (χ1) is 14.9. The molecule has 1 amide bonds. The van der Waals surface area contributed by atoms with Gasteiger partial charge in [-0.3, -0.25) is 4.79 Å². The standard InChI is InChI=1S/C22H20FN5O3/c1-14-11-28(13-24-14)18-9-6-16(10-19(18)30-3)20-25-26-21(31-20)22(29)27(2)12-15-4-7-17(23)8-5-15/h4-11,13H,12H2,1-3H3. The van der Waals surface area contributed by atoms with E-state index in [1.807, 2.05) is 23.8 Å². The van der Waals surface area contributed by atoms with Gasteiger partial charge in [0.05, 0.1) is 24.8 Å². The summed E-state index contributed by atoms with van der Waals surface area (Å²) in [7, 11) is 3.18. The third kappa shape index (κ3) is 4.30. The molecule has 0 N–H and O–H groups in total. The van der Waals surface area contributed by atoms with Gasteiger partial charge in [0.1, 0.15) is 11.6 Å². The van der Waals surface area contributed by atoms with Gasteiger partial charge >= 0.3 is 11.8 Å². The van der Waals surface area contributed by atoms with Crippen molar-refractivity contribution in [3.8, 4) is 22.9 Å². The van der Waals surface area contributed by atoms with Crippen LogP contribution in [0.1, 0.15) is 21.9 Å². The Labute approximate surface area is 177 Å². The number of methoxy groups -OCH3 is 1. The van der Waals surface area contributed by atoms with Crippen molar-refractivity contribution >= 4 is 5.91 Å². The second kappa shape index (κ2) is 8.39. The number of ether oxygens (including phenoxy) is 1. The lowest BCUT2D eigenvalue weighted by atomic mass is 10.2. The molecule has 2 heterocycles. The number of carbonyl (C=O) groups excluding carboxylic acids is 1. The maximum absolute atomic E-state index is 13.1. The van der Waals surface area contributed by atoms with Gasteiger partial charge in [-0.2, -0.15) is 0 Å². The van der Waals surface area contributed by atoms with Crippen molar-refractivity contribution in [2.24, 2.45) is 0 Å². The van der Waals surface area contributed by atoms with E-state index in [0.29, 0.717) is 11.3 Å². The fourth-order valence-electron chi connectivity index (χ4n) is 3.10. The summed E-state index contributed by atoms with van der Waals surface area (Å²) in [5.74, 6) is -0.100. The fraction of sp³-hybridized carbons (Fsp3) is 0.182. The summed E-state index contributed by atoms with van der Waals surface area (Å²) in [6, 6.07) is 11.3. The van der Waals surface area contributed by atoms with E-state index in [4.69, 9.17) is 9.15 Å². The van der Waals surface area contributed by atoms with E-state index in [2.05, 4.69) is 15.2 Å². The van der Waals surface area contributed by atoms with Crippen LogP contribution in [0.25, 0.3) is 17.1 Å². The Kier molecular flexibility index (Phi) is 5.48. The lowest BCUT2D eigenvalue weighted by Crippen LogP contribution is -2.26. The van der Waals surface area contributed by atoms with Crippen molar-refractivity contribution < 1.29 is 18.3 Å². The lowest BCUT2D eigenvalue weighted by Gasteiger charge is -2.14. The van der Waals surface area contributed by atoms with E-state index in [9.17, 15) is 9.18 Å². The van der Waals surface area contributed by atoms with Crippen LogP contribution < -0.4 is 4.74 Å². The lowest BCUT2D eigenvalue weighted by molar-refractivity contribution is 0.0746. The normalized spacial score (nSPS) is 10.8. The number of aryl methyl sites for hydroxylation is 1. The molecule has 0 aliphatic heterocycles. The number of nitrogens with zero attached hydrogens (tertiary/aromatic N) is 5. The van der Waals surface area contributed by atoms with Gasteiger partial charge in [0.15, 0.2) is 0 Å². The summed E-state index contributed by atoms with van der Waals surface area (Å²) in [5.41, 5.74) is 3.09. The van der Waals surface area contributed by atoms with Gasteiger partial charge in [-0.25, -0.2) is 9.37 Å². The number of hydrogen-bond donors (Lipinski definition) is 0. The Morgan fingerprint density at radius 2 is 1.97 bits per heavy atom. The first-order valence-corrected chi connectivity index (χ1v) is 9.47. The van der Waals surface area contributed by atoms with Crippen LogP contribution in [0.2, 0.25) is 0 Å². The predicted octanol–water partition coefficient (Wildman–Crippen LogP) is 3.65. The van der Waals surface area contributed by atoms with Crippen molar-refractivity contribution in [1.82, 2.24) is 24.6 Å². The van der Waals surface area contributed by atoms with Crippen molar-refractivity contribution in [3.63, 3.8) is 0 Å². The van der Waals surface area contributed by atoms with E-state index < -0.39 is 5.91 Å². The molecular weight excluding hydrogens is 401 g/mol. The van der Waals surface area contributed by atoms with Crippen molar-refractivity contribution in [3.05, 3.63) is 78.0 Å². The summed E-state index contributed by atoms with van der Waals surface area (Å²) in [5, 5.41) is 7.89. The molecule has 31 heavy (non-hydrogen) atoms. The average Bonchev–Trinajstić information content (AvgIpc) is 3.44. The van der Waals surface area contributed by atoms with Gasteiger partial charge in [0.25, 0.3) is 0 Å². The summed E-state index contributed by atoms with van der Waals surface area (Å²) in [6.45, 7) is 2.19. The predicted molar refractivity (Wildman–Crippen MR) is 110 cm³/mol. The molecule has 0 radical (unpaired) electrons. The zero-order chi connectivity index (χ0) is 22.0. The first kappa shape index (κ1) is 20.3. The SMILES string of the molecule is COc1cc(-c2nnc(C(=O)N(C)Cc3ccc(F)cc3)o2)ccc1-n1cnc(C)c1. The number of halogens is 1. The highest BCUT2D eigenvalue weighted by molar-refractivity contribution is 5.89. The van der Waals surface area contributed by atoms with Crippen LogP contribution in [-0.2, 0) is 6.54 Å². The summed E-state index contributed by atoms with van der Waals surface area (Å²) in [6.07, 6.45) is 3.59. The first-order valence-electron chi connectivity index (χ1n) is 9.47. The van der Waals surface area contributed by atoms with Crippen LogP contribution in [0, 0.1) is 12.7 Å². The van der Waals surface area contributed by atoms with Gasteiger partial charge in [-0.15, -0.1) is 10.2 Å². The fourth-order valence-corrected chi connectivity index (χ4v) is 3.10. The third-order valence-corrected chi connectivity index (χ3v) is 4.70. The summed E-state index contributed by atoms with van der Waals surface area (Å²) < 4.78 is 26.0. The van der Waals surface area contributed by atoms with Crippen molar-refractivity contribution in [1.29, 1.82) is 0 Å². The highest BCUT2D eigenvalue weighted by atomic mass is 19.1. The highest BCUT2D eigenvalue weighted by Crippen LogP contribution is 2.29. The smallest absolute Gasteiger partial charge is 0.311 e. The molecule has 158 valence electrons. The van der Waals surface area contributed by atoms with E-state index in [1.165, 1.54) is 17.0 Å². The molecule has 8 nitrogen and oxygen atoms in total. The maximum Gasteiger partial charge on any atom is 0.311 e. The van der Waals surface area contributed by atoms with Crippen LogP contribution in [0.15, 0.2) is 59.4 Å². The van der Waals surface area contributed by atoms with Crippen LogP contribution >= 0.6 is 0 Å². The van der Waals surface area contributed by atoms with Gasteiger partial charge in [0, 0.05) is 25.4 Å².